The summed E-state index contributed by atoms with van der Waals surface area (Å²) in [4.78, 5) is 33.4. The van der Waals surface area contributed by atoms with E-state index in [1.165, 1.54) is 29.2 Å². The van der Waals surface area contributed by atoms with E-state index in [0.717, 1.165) is 24.3 Å². The Labute approximate surface area is 194 Å². The lowest BCUT2D eigenvalue weighted by Crippen LogP contribution is -2.42. The van der Waals surface area contributed by atoms with E-state index < -0.39 is 35.1 Å². The van der Waals surface area contributed by atoms with Gasteiger partial charge in [-0.1, -0.05) is 24.3 Å². The van der Waals surface area contributed by atoms with Crippen molar-refractivity contribution in [3.05, 3.63) is 92.7 Å². The van der Waals surface area contributed by atoms with Crippen LogP contribution in [0.25, 0.3) is 0 Å². The first-order valence-electron chi connectivity index (χ1n) is 10.4. The van der Waals surface area contributed by atoms with Crippen LogP contribution in [0.5, 0.6) is 0 Å². The summed E-state index contributed by atoms with van der Waals surface area (Å²) >= 11 is 0. The Balaban J connectivity index is 1.48. The zero-order chi connectivity index (χ0) is 25.4. The first-order chi connectivity index (χ1) is 16.4. The lowest BCUT2D eigenvalue weighted by molar-refractivity contribution is -0.138. The molecule has 0 radical (unpaired) electrons. The van der Waals surface area contributed by atoms with Crippen LogP contribution in [-0.2, 0) is 31.7 Å². The molecular formula is C23H18F6N4O2. The fourth-order valence-corrected chi connectivity index (χ4v) is 3.76. The number of anilines is 1. The number of urea groups is 1. The highest BCUT2D eigenvalue weighted by Crippen LogP contribution is 2.31. The number of carbonyl (C=O) groups excluding carboxylic acids is 1. The molecule has 1 aliphatic rings. The van der Waals surface area contributed by atoms with Crippen molar-refractivity contribution in [2.45, 2.75) is 31.7 Å². The second-order valence-electron chi connectivity index (χ2n) is 7.99. The van der Waals surface area contributed by atoms with E-state index in [2.05, 4.69) is 15.3 Å². The summed E-state index contributed by atoms with van der Waals surface area (Å²) in [6.45, 7) is 0.0313. The molecule has 0 aliphatic carbocycles. The van der Waals surface area contributed by atoms with Gasteiger partial charge in [-0.3, -0.25) is 4.79 Å². The number of halogens is 6. The monoisotopic (exact) mass is 496 g/mol. The van der Waals surface area contributed by atoms with Crippen molar-refractivity contribution >= 4 is 11.7 Å². The summed E-state index contributed by atoms with van der Waals surface area (Å²) in [7, 11) is 0. The molecule has 2 heterocycles. The van der Waals surface area contributed by atoms with Gasteiger partial charge in [-0.25, -0.2) is 9.78 Å². The van der Waals surface area contributed by atoms with Gasteiger partial charge in [0.25, 0.3) is 5.56 Å². The Morgan fingerprint density at radius 1 is 1.00 bits per heavy atom. The first kappa shape index (κ1) is 24.3. The number of rotatable bonds is 3. The summed E-state index contributed by atoms with van der Waals surface area (Å²) in [5.74, 6) is 0.190. The lowest BCUT2D eigenvalue weighted by atomic mass is 10.1. The van der Waals surface area contributed by atoms with Crippen LogP contribution in [-0.4, -0.2) is 27.4 Å². The predicted octanol–water partition coefficient (Wildman–Crippen LogP) is 4.99. The van der Waals surface area contributed by atoms with Crippen molar-refractivity contribution in [2.75, 3.05) is 11.9 Å². The van der Waals surface area contributed by atoms with Crippen LogP contribution in [0.15, 0.2) is 53.3 Å². The highest BCUT2D eigenvalue weighted by molar-refractivity contribution is 5.89. The standard InChI is InChI=1S/C23H18F6N4O2/c24-22(25,26)14-4-1-3-13(9-14)10-19-31-18-7-8-33(12-17(18)20(34)32-19)21(35)30-16-6-2-5-15(11-16)23(27,28)29/h1-6,9,11H,7-8,10,12H2,(H,30,35)(H,31,32,34). The average Bonchev–Trinajstić information content (AvgIpc) is 2.78. The maximum Gasteiger partial charge on any atom is 0.416 e. The Kier molecular flexibility index (Phi) is 6.30. The fourth-order valence-electron chi connectivity index (χ4n) is 3.76. The van der Waals surface area contributed by atoms with Gasteiger partial charge in [0.15, 0.2) is 0 Å². The summed E-state index contributed by atoms with van der Waals surface area (Å²) in [5.41, 5.74) is -1.35. The van der Waals surface area contributed by atoms with Crippen molar-refractivity contribution in [3.8, 4) is 0 Å². The third-order valence-electron chi connectivity index (χ3n) is 5.47. The van der Waals surface area contributed by atoms with Gasteiger partial charge in [-0.05, 0) is 29.8 Å². The Bertz CT molecular complexity index is 1320. The van der Waals surface area contributed by atoms with E-state index in [9.17, 15) is 35.9 Å². The number of hydrogen-bond acceptors (Lipinski definition) is 3. The molecule has 1 aliphatic heterocycles. The van der Waals surface area contributed by atoms with Gasteiger partial charge in [0, 0.05) is 25.1 Å². The van der Waals surface area contributed by atoms with E-state index in [-0.39, 0.29) is 43.0 Å². The minimum absolute atomic E-state index is 0.0216. The molecule has 0 atom stereocenters. The quantitative estimate of drug-likeness (QED) is 0.502. The summed E-state index contributed by atoms with van der Waals surface area (Å²) in [5, 5.41) is 2.40. The van der Waals surface area contributed by atoms with E-state index in [1.54, 1.807) is 0 Å². The average molecular weight is 496 g/mol. The number of alkyl halides is 6. The van der Waals surface area contributed by atoms with Gasteiger partial charge in [-0.15, -0.1) is 0 Å². The highest BCUT2D eigenvalue weighted by atomic mass is 19.4. The number of aromatic nitrogens is 2. The third kappa shape index (κ3) is 5.64. The zero-order valence-corrected chi connectivity index (χ0v) is 17.9. The molecule has 2 N–H and O–H groups in total. The number of nitrogens with zero attached hydrogens (tertiary/aromatic N) is 2. The Morgan fingerprint density at radius 3 is 2.34 bits per heavy atom. The molecule has 0 unspecified atom stereocenters. The molecule has 0 saturated heterocycles. The Hall–Kier alpha value is -3.83. The molecule has 0 fully saturated rings. The van der Waals surface area contributed by atoms with Crippen LogP contribution < -0.4 is 10.9 Å². The minimum Gasteiger partial charge on any atom is -0.320 e. The van der Waals surface area contributed by atoms with Crippen LogP contribution in [0.2, 0.25) is 0 Å². The molecule has 12 heteroatoms. The number of carbonyl (C=O) groups is 1. The highest BCUT2D eigenvalue weighted by Gasteiger charge is 2.32. The van der Waals surface area contributed by atoms with Crippen molar-refractivity contribution in [3.63, 3.8) is 0 Å². The second-order valence-corrected chi connectivity index (χ2v) is 7.99. The minimum atomic E-state index is -4.56. The first-order valence-corrected chi connectivity index (χ1v) is 10.4. The molecular weight excluding hydrogens is 478 g/mol. The van der Waals surface area contributed by atoms with Gasteiger partial charge in [0.1, 0.15) is 5.82 Å². The summed E-state index contributed by atoms with van der Waals surface area (Å²) in [6, 6.07) is 8.21. The number of hydrogen-bond donors (Lipinski definition) is 2. The van der Waals surface area contributed by atoms with Crippen molar-refractivity contribution in [2.24, 2.45) is 0 Å². The van der Waals surface area contributed by atoms with Crippen LogP contribution in [0.1, 0.15) is 33.8 Å². The largest absolute Gasteiger partial charge is 0.416 e. The van der Waals surface area contributed by atoms with Crippen molar-refractivity contribution < 1.29 is 31.1 Å². The van der Waals surface area contributed by atoms with E-state index in [1.807, 2.05) is 0 Å². The van der Waals surface area contributed by atoms with Gasteiger partial charge in [0.2, 0.25) is 0 Å². The summed E-state index contributed by atoms with van der Waals surface area (Å²) < 4.78 is 77.5. The molecule has 6 nitrogen and oxygen atoms in total. The number of H-pyrrole nitrogens is 1. The molecule has 2 aromatic carbocycles. The van der Waals surface area contributed by atoms with E-state index in [4.69, 9.17) is 0 Å². The number of aromatic amines is 1. The number of amides is 2. The smallest absolute Gasteiger partial charge is 0.320 e. The SMILES string of the molecule is O=C(Nc1cccc(C(F)(F)F)c1)N1CCc2nc(Cc3cccc(C(F)(F)F)c3)[nH]c(=O)c2C1. The van der Waals surface area contributed by atoms with Crippen LogP contribution >= 0.6 is 0 Å². The van der Waals surface area contributed by atoms with Gasteiger partial charge >= 0.3 is 18.4 Å². The van der Waals surface area contributed by atoms with Gasteiger partial charge in [0.05, 0.1) is 28.9 Å². The molecule has 4 rings (SSSR count). The number of benzene rings is 2. The topological polar surface area (TPSA) is 78.1 Å². The van der Waals surface area contributed by atoms with E-state index in [0.29, 0.717) is 11.3 Å². The van der Waals surface area contributed by atoms with Crippen LogP contribution in [0.3, 0.4) is 0 Å². The van der Waals surface area contributed by atoms with Crippen LogP contribution in [0, 0.1) is 0 Å². The zero-order valence-electron chi connectivity index (χ0n) is 17.9. The fraction of sp³-hybridized carbons (Fsp3) is 0.261. The van der Waals surface area contributed by atoms with E-state index >= 15 is 0 Å². The maximum absolute atomic E-state index is 12.9. The molecule has 3 aromatic rings. The molecule has 184 valence electrons. The normalized spacial score (nSPS) is 13.9. The Morgan fingerprint density at radius 2 is 1.66 bits per heavy atom. The lowest BCUT2D eigenvalue weighted by Gasteiger charge is -2.28. The second kappa shape index (κ2) is 9.08. The molecule has 1 aromatic heterocycles. The molecule has 0 saturated carbocycles. The van der Waals surface area contributed by atoms with Crippen molar-refractivity contribution in [1.82, 2.24) is 14.9 Å². The number of fused-ring (bicyclic) bond motifs is 1. The van der Waals surface area contributed by atoms with Crippen LogP contribution in [0.4, 0.5) is 36.8 Å². The molecule has 0 spiro atoms. The predicted molar refractivity (Wildman–Crippen MR) is 114 cm³/mol. The van der Waals surface area contributed by atoms with Crippen molar-refractivity contribution in [1.29, 1.82) is 0 Å². The summed E-state index contributed by atoms with van der Waals surface area (Å²) in [6.07, 6.45) is -8.88. The maximum atomic E-state index is 12.9. The number of nitrogens with one attached hydrogen (secondary N) is 2. The van der Waals surface area contributed by atoms with Gasteiger partial charge < -0.3 is 15.2 Å². The van der Waals surface area contributed by atoms with Gasteiger partial charge in [-0.2, -0.15) is 26.3 Å². The third-order valence-corrected chi connectivity index (χ3v) is 5.47. The molecule has 0 bridgehead atoms. The molecule has 2 amide bonds. The molecule has 35 heavy (non-hydrogen) atoms.